The first kappa shape index (κ1) is 13.1. The maximum atomic E-state index is 12.5. The lowest BCUT2D eigenvalue weighted by Gasteiger charge is -2.08. The Balaban J connectivity index is 2.11. The number of rotatable bonds is 3. The van der Waals surface area contributed by atoms with E-state index in [9.17, 15) is 8.42 Å². The van der Waals surface area contributed by atoms with Gasteiger partial charge < -0.3 is 0 Å². The van der Waals surface area contributed by atoms with Crippen molar-refractivity contribution in [2.45, 2.75) is 4.90 Å². The molecule has 0 atom stereocenters. The number of aromatic amines is 1. The van der Waals surface area contributed by atoms with Crippen molar-refractivity contribution in [3.63, 3.8) is 0 Å². The van der Waals surface area contributed by atoms with Gasteiger partial charge in [0.15, 0.2) is 5.82 Å². The van der Waals surface area contributed by atoms with Crippen molar-refractivity contribution in [1.82, 2.24) is 15.2 Å². The van der Waals surface area contributed by atoms with Crippen LogP contribution in [0.3, 0.4) is 0 Å². The minimum Gasteiger partial charge on any atom is -0.263 e. The van der Waals surface area contributed by atoms with Crippen molar-refractivity contribution < 1.29 is 8.42 Å². The highest BCUT2D eigenvalue weighted by molar-refractivity contribution is 7.93. The van der Waals surface area contributed by atoms with Gasteiger partial charge in [0.25, 0.3) is 10.0 Å². The molecule has 0 spiro atoms. The van der Waals surface area contributed by atoms with E-state index in [1.54, 1.807) is 30.5 Å². The maximum absolute atomic E-state index is 12.5. The molecule has 0 aliphatic carbocycles. The zero-order chi connectivity index (χ0) is 14.9. The number of nitrogens with zero attached hydrogens (tertiary/aromatic N) is 3. The summed E-state index contributed by atoms with van der Waals surface area (Å²) in [5, 5.41) is 15.5. The molecular weight excluding hydrogens is 290 g/mol. The molecule has 104 valence electrons. The van der Waals surface area contributed by atoms with Gasteiger partial charge in [-0.25, -0.2) is 8.42 Å². The monoisotopic (exact) mass is 299 g/mol. The zero-order valence-electron chi connectivity index (χ0n) is 10.6. The average Bonchev–Trinajstić information content (AvgIpc) is 2.93. The lowest BCUT2D eigenvalue weighted by atomic mass is 10.2. The molecule has 0 amide bonds. The second-order valence-electron chi connectivity index (χ2n) is 4.20. The molecule has 1 aromatic carbocycles. The van der Waals surface area contributed by atoms with Crippen molar-refractivity contribution in [2.75, 3.05) is 4.72 Å². The van der Waals surface area contributed by atoms with Gasteiger partial charge in [0.2, 0.25) is 0 Å². The molecule has 3 aromatic rings. The number of hydrogen-bond acceptors (Lipinski definition) is 5. The van der Waals surface area contributed by atoms with Gasteiger partial charge in [-0.15, -0.1) is 0 Å². The fourth-order valence-corrected chi connectivity index (χ4v) is 3.20. The number of H-pyrrole nitrogens is 1. The number of sulfonamides is 1. The molecule has 0 bridgehead atoms. The minimum absolute atomic E-state index is 0.0402. The highest BCUT2D eigenvalue weighted by Crippen LogP contribution is 2.23. The van der Waals surface area contributed by atoms with Crippen LogP contribution in [0.2, 0.25) is 0 Å². The zero-order valence-corrected chi connectivity index (χ0v) is 11.4. The Bertz CT molecular complexity index is 951. The number of fused-ring (bicyclic) bond motifs is 1. The molecule has 21 heavy (non-hydrogen) atoms. The first-order valence-electron chi connectivity index (χ1n) is 5.92. The fraction of sp³-hybridized carbons (Fsp3) is 0. The highest BCUT2D eigenvalue weighted by atomic mass is 32.2. The number of nitrogens with one attached hydrogen (secondary N) is 2. The van der Waals surface area contributed by atoms with E-state index in [0.29, 0.717) is 10.9 Å². The molecule has 0 aliphatic rings. The third-order valence-electron chi connectivity index (χ3n) is 2.89. The second kappa shape index (κ2) is 4.88. The molecule has 0 radical (unpaired) electrons. The summed E-state index contributed by atoms with van der Waals surface area (Å²) in [7, 11) is -3.85. The molecule has 0 aliphatic heterocycles. The quantitative estimate of drug-likeness (QED) is 0.763. The van der Waals surface area contributed by atoms with E-state index in [0.717, 1.165) is 0 Å². The molecule has 7 nitrogen and oxygen atoms in total. The van der Waals surface area contributed by atoms with Gasteiger partial charge in [-0.3, -0.25) is 14.8 Å². The van der Waals surface area contributed by atoms with Crippen LogP contribution in [0.15, 0.2) is 47.6 Å². The molecule has 8 heteroatoms. The number of nitriles is 1. The highest BCUT2D eigenvalue weighted by Gasteiger charge is 2.19. The van der Waals surface area contributed by atoms with E-state index in [4.69, 9.17) is 5.26 Å². The number of benzene rings is 1. The van der Waals surface area contributed by atoms with Crippen LogP contribution in [0.5, 0.6) is 0 Å². The number of aromatic nitrogens is 3. The lowest BCUT2D eigenvalue weighted by molar-refractivity contribution is 0.602. The molecule has 0 saturated heterocycles. The average molecular weight is 299 g/mol. The van der Waals surface area contributed by atoms with Gasteiger partial charge in [0.1, 0.15) is 11.6 Å². The topological polar surface area (TPSA) is 112 Å². The van der Waals surface area contributed by atoms with Crippen LogP contribution in [0.1, 0.15) is 5.56 Å². The predicted molar refractivity (Wildman–Crippen MR) is 75.9 cm³/mol. The van der Waals surface area contributed by atoms with Crippen molar-refractivity contribution in [1.29, 1.82) is 5.26 Å². The summed E-state index contributed by atoms with van der Waals surface area (Å²) in [6.45, 7) is 0. The Hall–Kier alpha value is -2.92. The smallest absolute Gasteiger partial charge is 0.263 e. The van der Waals surface area contributed by atoms with Gasteiger partial charge in [0.05, 0.1) is 16.6 Å². The molecule has 0 unspecified atom stereocenters. The third kappa shape index (κ3) is 2.30. The summed E-state index contributed by atoms with van der Waals surface area (Å²) < 4.78 is 27.3. The molecule has 2 aromatic heterocycles. The Labute approximate surface area is 120 Å². The van der Waals surface area contributed by atoms with E-state index < -0.39 is 10.0 Å². The molecule has 0 saturated carbocycles. The molecule has 0 fully saturated rings. The van der Waals surface area contributed by atoms with Crippen molar-refractivity contribution in [2.24, 2.45) is 0 Å². The summed E-state index contributed by atoms with van der Waals surface area (Å²) in [4.78, 5) is 4.21. The van der Waals surface area contributed by atoms with E-state index >= 15 is 0 Å². The normalized spacial score (nSPS) is 11.2. The second-order valence-corrected chi connectivity index (χ2v) is 5.85. The van der Waals surface area contributed by atoms with Crippen LogP contribution in [0.4, 0.5) is 5.82 Å². The molecule has 2 heterocycles. The van der Waals surface area contributed by atoms with E-state index in [-0.39, 0.29) is 16.3 Å². The van der Waals surface area contributed by atoms with Crippen molar-refractivity contribution in [3.8, 4) is 6.07 Å². The van der Waals surface area contributed by atoms with E-state index in [1.807, 2.05) is 6.07 Å². The Morgan fingerprint density at radius 1 is 1.24 bits per heavy atom. The Kier molecular flexibility index (Phi) is 3.04. The first-order chi connectivity index (χ1) is 10.1. The van der Waals surface area contributed by atoms with Gasteiger partial charge in [0, 0.05) is 11.6 Å². The Morgan fingerprint density at radius 2 is 2.10 bits per heavy atom. The number of anilines is 1. The largest absolute Gasteiger partial charge is 0.263 e. The molecule has 3 rings (SSSR count). The fourth-order valence-electron chi connectivity index (χ4n) is 1.95. The summed E-state index contributed by atoms with van der Waals surface area (Å²) in [6.07, 6.45) is 2.84. The summed E-state index contributed by atoms with van der Waals surface area (Å²) in [6, 6.07) is 10.0. The third-order valence-corrected chi connectivity index (χ3v) is 4.30. The van der Waals surface area contributed by atoms with Gasteiger partial charge >= 0.3 is 0 Å². The first-order valence-corrected chi connectivity index (χ1v) is 7.40. The molecule has 2 N–H and O–H groups in total. The van der Waals surface area contributed by atoms with E-state index in [2.05, 4.69) is 19.9 Å². The van der Waals surface area contributed by atoms with Crippen LogP contribution in [-0.4, -0.2) is 23.6 Å². The number of pyridine rings is 1. The lowest BCUT2D eigenvalue weighted by Crippen LogP contribution is -2.14. The number of hydrogen-bond donors (Lipinski definition) is 2. The summed E-state index contributed by atoms with van der Waals surface area (Å²) >= 11 is 0. The van der Waals surface area contributed by atoms with Crippen LogP contribution in [0, 0.1) is 11.3 Å². The van der Waals surface area contributed by atoms with Gasteiger partial charge in [-0.2, -0.15) is 10.4 Å². The van der Waals surface area contributed by atoms with Gasteiger partial charge in [-0.1, -0.05) is 6.07 Å². The predicted octanol–water partition coefficient (Wildman–Crippen LogP) is 1.63. The van der Waals surface area contributed by atoms with Crippen molar-refractivity contribution in [3.05, 3.63) is 48.3 Å². The van der Waals surface area contributed by atoms with E-state index in [1.165, 1.54) is 12.3 Å². The van der Waals surface area contributed by atoms with Crippen molar-refractivity contribution >= 4 is 26.7 Å². The Morgan fingerprint density at radius 3 is 2.90 bits per heavy atom. The van der Waals surface area contributed by atoms with Crippen LogP contribution >= 0.6 is 0 Å². The summed E-state index contributed by atoms with van der Waals surface area (Å²) in [5.74, 6) is 0.0402. The van der Waals surface area contributed by atoms with Gasteiger partial charge in [-0.05, 0) is 24.3 Å². The standard InChI is InChI=1S/C13H9N5O2S/c14-7-9-8-16-17-13(9)18-21(19,20)12-5-1-4-11-10(12)3-2-6-15-11/h1-6,8H,(H2,16,17,18). The van der Waals surface area contributed by atoms with Crippen LogP contribution in [0.25, 0.3) is 10.9 Å². The maximum Gasteiger partial charge on any atom is 0.263 e. The van der Waals surface area contributed by atoms with Crippen LogP contribution < -0.4 is 4.72 Å². The SMILES string of the molecule is N#Cc1cn[nH]c1NS(=O)(=O)c1cccc2ncccc12. The van der Waals surface area contributed by atoms with Crippen LogP contribution in [-0.2, 0) is 10.0 Å². The minimum atomic E-state index is -3.85. The molecular formula is C13H9N5O2S. The summed E-state index contributed by atoms with van der Waals surface area (Å²) in [5.41, 5.74) is 0.697.